The van der Waals surface area contributed by atoms with E-state index < -0.39 is 12.1 Å². The van der Waals surface area contributed by atoms with Crippen molar-refractivity contribution in [2.75, 3.05) is 6.54 Å². The molecule has 2 amide bonds. The Bertz CT molecular complexity index is 547. The van der Waals surface area contributed by atoms with E-state index in [0.717, 1.165) is 10.7 Å². The van der Waals surface area contributed by atoms with Gasteiger partial charge in [0.25, 0.3) is 0 Å². The second-order valence-electron chi connectivity index (χ2n) is 6.65. The van der Waals surface area contributed by atoms with Gasteiger partial charge in [-0.1, -0.05) is 20.8 Å². The predicted octanol–water partition coefficient (Wildman–Crippen LogP) is 1.76. The van der Waals surface area contributed by atoms with Crippen molar-refractivity contribution in [2.45, 2.75) is 53.1 Å². The van der Waals surface area contributed by atoms with Crippen LogP contribution in [0.25, 0.3) is 0 Å². The summed E-state index contributed by atoms with van der Waals surface area (Å²) < 4.78 is 0. The minimum atomic E-state index is -0.459. The summed E-state index contributed by atoms with van der Waals surface area (Å²) in [7, 11) is 0. The Morgan fingerprint density at radius 2 is 2.05 bits per heavy atom. The molecule has 2 atom stereocenters. The molecule has 0 aromatic carbocycles. The van der Waals surface area contributed by atoms with Gasteiger partial charge in [-0.15, -0.1) is 11.3 Å². The second kappa shape index (κ2) is 5.75. The first-order valence-corrected chi connectivity index (χ1v) is 8.10. The highest BCUT2D eigenvalue weighted by molar-refractivity contribution is 7.09. The molecule has 2 unspecified atom stereocenters. The number of hydrogen-bond acceptors (Lipinski definition) is 4. The topological polar surface area (TPSA) is 62.3 Å². The van der Waals surface area contributed by atoms with Crippen LogP contribution in [0.3, 0.4) is 0 Å². The van der Waals surface area contributed by atoms with Crippen molar-refractivity contribution in [3.05, 3.63) is 16.1 Å². The third kappa shape index (κ3) is 3.43. The SMILES string of the molecule is Cc1csc(CCN2C(=O)C(C(C)(C)C)NC(=O)C2C)n1. The van der Waals surface area contributed by atoms with Crippen LogP contribution >= 0.6 is 11.3 Å². The Balaban J connectivity index is 2.11. The summed E-state index contributed by atoms with van der Waals surface area (Å²) in [5, 5.41) is 5.85. The molecule has 1 aromatic rings. The van der Waals surface area contributed by atoms with Gasteiger partial charge in [-0.25, -0.2) is 4.98 Å². The van der Waals surface area contributed by atoms with Crippen LogP contribution in [-0.4, -0.2) is 40.3 Å². The van der Waals surface area contributed by atoms with Gasteiger partial charge in [0.05, 0.1) is 5.01 Å². The van der Waals surface area contributed by atoms with E-state index in [-0.39, 0.29) is 17.2 Å². The van der Waals surface area contributed by atoms with Crippen molar-refractivity contribution < 1.29 is 9.59 Å². The molecule has 1 aliphatic rings. The maximum Gasteiger partial charge on any atom is 0.246 e. The van der Waals surface area contributed by atoms with Crippen LogP contribution in [0.1, 0.15) is 38.4 Å². The number of thiazole rings is 1. The van der Waals surface area contributed by atoms with Gasteiger partial charge in [-0.2, -0.15) is 0 Å². The normalized spacial score (nSPS) is 23.4. The average Bonchev–Trinajstić information content (AvgIpc) is 2.78. The minimum Gasteiger partial charge on any atom is -0.342 e. The minimum absolute atomic E-state index is 0.00266. The lowest BCUT2D eigenvalue weighted by Crippen LogP contribution is -2.66. The van der Waals surface area contributed by atoms with E-state index in [2.05, 4.69) is 10.3 Å². The largest absolute Gasteiger partial charge is 0.342 e. The standard InChI is InChI=1S/C15H23N3O2S/c1-9-8-21-11(16-9)6-7-18-10(2)13(19)17-12(14(18)20)15(3,4)5/h8,10,12H,6-7H2,1-5H3,(H,17,19). The predicted molar refractivity (Wildman–Crippen MR) is 83.1 cm³/mol. The fourth-order valence-electron chi connectivity index (χ4n) is 2.45. The highest BCUT2D eigenvalue weighted by atomic mass is 32.1. The third-order valence-corrected chi connectivity index (χ3v) is 4.79. The van der Waals surface area contributed by atoms with Gasteiger partial charge in [0, 0.05) is 24.0 Å². The smallest absolute Gasteiger partial charge is 0.246 e. The monoisotopic (exact) mass is 309 g/mol. The summed E-state index contributed by atoms with van der Waals surface area (Å²) in [5.41, 5.74) is 0.710. The van der Waals surface area contributed by atoms with Gasteiger partial charge < -0.3 is 10.2 Å². The number of carbonyl (C=O) groups is 2. The van der Waals surface area contributed by atoms with E-state index >= 15 is 0 Å². The van der Waals surface area contributed by atoms with Crippen molar-refractivity contribution in [3.8, 4) is 0 Å². The molecule has 1 fully saturated rings. The molecule has 2 heterocycles. The molecule has 6 heteroatoms. The van der Waals surface area contributed by atoms with Crippen LogP contribution in [-0.2, 0) is 16.0 Å². The highest BCUT2D eigenvalue weighted by Crippen LogP contribution is 2.25. The van der Waals surface area contributed by atoms with E-state index in [1.54, 1.807) is 23.2 Å². The average molecular weight is 309 g/mol. The number of nitrogens with one attached hydrogen (secondary N) is 1. The van der Waals surface area contributed by atoms with Gasteiger partial charge in [-0.05, 0) is 19.3 Å². The Kier molecular flexibility index (Phi) is 4.37. The molecule has 0 saturated carbocycles. The van der Waals surface area contributed by atoms with Crippen molar-refractivity contribution >= 4 is 23.2 Å². The lowest BCUT2D eigenvalue weighted by molar-refractivity contribution is -0.151. The molecule has 21 heavy (non-hydrogen) atoms. The molecule has 1 saturated heterocycles. The molecule has 5 nitrogen and oxygen atoms in total. The van der Waals surface area contributed by atoms with Gasteiger partial charge in [0.15, 0.2) is 0 Å². The Morgan fingerprint density at radius 3 is 2.57 bits per heavy atom. The molecule has 0 spiro atoms. The molecule has 1 aliphatic heterocycles. The van der Waals surface area contributed by atoms with Crippen LogP contribution in [0.15, 0.2) is 5.38 Å². The zero-order chi connectivity index (χ0) is 15.8. The summed E-state index contributed by atoms with van der Waals surface area (Å²) in [5.74, 6) is -0.0762. The zero-order valence-corrected chi connectivity index (χ0v) is 14.1. The Morgan fingerprint density at radius 1 is 1.38 bits per heavy atom. The zero-order valence-electron chi connectivity index (χ0n) is 13.3. The van der Waals surface area contributed by atoms with Crippen LogP contribution in [0, 0.1) is 12.3 Å². The number of aryl methyl sites for hydroxylation is 1. The van der Waals surface area contributed by atoms with Gasteiger partial charge >= 0.3 is 0 Å². The van der Waals surface area contributed by atoms with Crippen molar-refractivity contribution in [3.63, 3.8) is 0 Å². The first-order valence-electron chi connectivity index (χ1n) is 7.22. The fraction of sp³-hybridized carbons (Fsp3) is 0.667. The first kappa shape index (κ1) is 15.9. The summed E-state index contributed by atoms with van der Waals surface area (Å²) >= 11 is 1.60. The molecular formula is C15H23N3O2S. The number of nitrogens with zero attached hydrogens (tertiary/aromatic N) is 2. The molecule has 2 rings (SSSR count). The summed E-state index contributed by atoms with van der Waals surface area (Å²) in [6.45, 7) is 10.2. The van der Waals surface area contributed by atoms with Crippen LogP contribution < -0.4 is 5.32 Å². The third-order valence-electron chi connectivity index (χ3n) is 3.76. The molecule has 1 N–H and O–H groups in total. The molecule has 116 valence electrons. The van der Waals surface area contributed by atoms with E-state index in [1.165, 1.54) is 0 Å². The lowest BCUT2D eigenvalue weighted by Gasteiger charge is -2.42. The van der Waals surface area contributed by atoms with Crippen molar-refractivity contribution in [1.82, 2.24) is 15.2 Å². The Hall–Kier alpha value is -1.43. The van der Waals surface area contributed by atoms with E-state index in [9.17, 15) is 9.59 Å². The number of piperazine rings is 1. The van der Waals surface area contributed by atoms with Gasteiger partial charge in [0.1, 0.15) is 12.1 Å². The summed E-state index contributed by atoms with van der Waals surface area (Å²) in [6, 6.07) is -0.878. The number of hydrogen-bond donors (Lipinski definition) is 1. The summed E-state index contributed by atoms with van der Waals surface area (Å²) in [6.07, 6.45) is 0.693. The second-order valence-corrected chi connectivity index (χ2v) is 7.59. The lowest BCUT2D eigenvalue weighted by atomic mass is 9.84. The Labute approximate surface area is 129 Å². The van der Waals surface area contributed by atoms with Gasteiger partial charge in [-0.3, -0.25) is 9.59 Å². The van der Waals surface area contributed by atoms with Crippen LogP contribution in [0.4, 0.5) is 0 Å². The van der Waals surface area contributed by atoms with E-state index in [4.69, 9.17) is 0 Å². The molecule has 0 aliphatic carbocycles. The molecule has 0 bridgehead atoms. The quantitative estimate of drug-likeness (QED) is 0.925. The van der Waals surface area contributed by atoms with Crippen molar-refractivity contribution in [2.24, 2.45) is 5.41 Å². The first-order chi connectivity index (χ1) is 9.70. The number of amides is 2. The van der Waals surface area contributed by atoms with Gasteiger partial charge in [0.2, 0.25) is 11.8 Å². The number of aromatic nitrogens is 1. The number of rotatable bonds is 3. The maximum absolute atomic E-state index is 12.6. The number of carbonyl (C=O) groups excluding carboxylic acids is 2. The molecule has 0 radical (unpaired) electrons. The maximum atomic E-state index is 12.6. The van der Waals surface area contributed by atoms with E-state index in [0.29, 0.717) is 13.0 Å². The van der Waals surface area contributed by atoms with Crippen molar-refractivity contribution in [1.29, 1.82) is 0 Å². The summed E-state index contributed by atoms with van der Waals surface area (Å²) in [4.78, 5) is 30.9. The molecular weight excluding hydrogens is 286 g/mol. The fourth-order valence-corrected chi connectivity index (χ4v) is 3.21. The molecule has 1 aromatic heterocycles. The van der Waals surface area contributed by atoms with Crippen LogP contribution in [0.5, 0.6) is 0 Å². The highest BCUT2D eigenvalue weighted by Gasteiger charge is 2.43. The van der Waals surface area contributed by atoms with E-state index in [1.807, 2.05) is 33.1 Å². The van der Waals surface area contributed by atoms with Crippen LogP contribution in [0.2, 0.25) is 0 Å².